The fourth-order valence-corrected chi connectivity index (χ4v) is 4.17. The smallest absolute Gasteiger partial charge is 0.305 e. The van der Waals surface area contributed by atoms with Crippen molar-refractivity contribution < 1.29 is 19.4 Å². The largest absolute Gasteiger partial charge is 0.466 e. The number of hydrogen-bond acceptors (Lipinski definition) is 4. The Morgan fingerprint density at radius 2 is 1.58 bits per heavy atom. The molecule has 0 aliphatic heterocycles. The van der Waals surface area contributed by atoms with Crippen LogP contribution in [0.25, 0.3) is 0 Å². The van der Waals surface area contributed by atoms with Crippen LogP contribution >= 0.6 is 0 Å². The molecule has 1 N–H and O–H groups in total. The summed E-state index contributed by atoms with van der Waals surface area (Å²) < 4.78 is 4.94. The van der Waals surface area contributed by atoms with Crippen LogP contribution in [0.1, 0.15) is 103 Å². The molecule has 0 radical (unpaired) electrons. The second-order valence-electron chi connectivity index (χ2n) is 7.76. The molecule has 0 amide bonds. The van der Waals surface area contributed by atoms with Gasteiger partial charge < -0.3 is 9.84 Å². The molecule has 0 unspecified atom stereocenters. The summed E-state index contributed by atoms with van der Waals surface area (Å²) in [5.41, 5.74) is 0. The van der Waals surface area contributed by atoms with Gasteiger partial charge in [0.05, 0.1) is 6.61 Å². The topological polar surface area (TPSA) is 63.6 Å². The van der Waals surface area contributed by atoms with Crippen molar-refractivity contribution in [2.24, 2.45) is 11.8 Å². The zero-order valence-electron chi connectivity index (χ0n) is 16.8. The van der Waals surface area contributed by atoms with Crippen molar-refractivity contribution in [1.29, 1.82) is 0 Å². The molecule has 1 aliphatic rings. The van der Waals surface area contributed by atoms with Gasteiger partial charge in [-0.2, -0.15) is 0 Å². The van der Waals surface area contributed by atoms with Crippen molar-refractivity contribution in [2.75, 3.05) is 13.2 Å². The first-order valence-corrected chi connectivity index (χ1v) is 11.0. The van der Waals surface area contributed by atoms with E-state index in [0.717, 1.165) is 57.8 Å². The van der Waals surface area contributed by atoms with Crippen LogP contribution in [0.3, 0.4) is 0 Å². The Balaban J connectivity index is 2.07. The van der Waals surface area contributed by atoms with E-state index in [9.17, 15) is 9.59 Å². The lowest BCUT2D eigenvalue weighted by Gasteiger charge is -2.18. The van der Waals surface area contributed by atoms with Crippen LogP contribution in [0, 0.1) is 11.8 Å². The van der Waals surface area contributed by atoms with Crippen molar-refractivity contribution in [1.82, 2.24) is 0 Å². The van der Waals surface area contributed by atoms with Gasteiger partial charge in [0.15, 0.2) is 0 Å². The number of unbranched alkanes of at least 4 members (excludes halogenated alkanes) is 8. The highest BCUT2D eigenvalue weighted by Gasteiger charge is 2.33. The molecule has 0 aromatic heterocycles. The van der Waals surface area contributed by atoms with E-state index in [-0.39, 0.29) is 5.97 Å². The summed E-state index contributed by atoms with van der Waals surface area (Å²) in [5, 5.41) is 8.78. The van der Waals surface area contributed by atoms with E-state index in [4.69, 9.17) is 9.84 Å². The van der Waals surface area contributed by atoms with Crippen LogP contribution in [-0.4, -0.2) is 30.1 Å². The van der Waals surface area contributed by atoms with Gasteiger partial charge in [-0.25, -0.2) is 0 Å². The van der Waals surface area contributed by atoms with E-state index in [0.29, 0.717) is 37.3 Å². The van der Waals surface area contributed by atoms with Gasteiger partial charge in [-0.3, -0.25) is 9.59 Å². The minimum atomic E-state index is -0.0881. The number of carbonyl (C=O) groups is 2. The van der Waals surface area contributed by atoms with Crippen molar-refractivity contribution in [3.63, 3.8) is 0 Å². The summed E-state index contributed by atoms with van der Waals surface area (Å²) in [6.07, 6.45) is 15.9. The molecule has 0 aromatic rings. The number of hydrogen-bond donors (Lipinski definition) is 1. The van der Waals surface area contributed by atoms with Crippen molar-refractivity contribution in [3.05, 3.63) is 0 Å². The average Bonchev–Trinajstić information content (AvgIpc) is 2.97. The van der Waals surface area contributed by atoms with Crippen molar-refractivity contribution in [3.8, 4) is 0 Å². The molecule has 0 saturated heterocycles. The summed E-state index contributed by atoms with van der Waals surface area (Å²) >= 11 is 0. The third kappa shape index (κ3) is 10.3. The molecule has 2 atom stereocenters. The minimum absolute atomic E-state index is 0.0881. The normalized spacial score (nSPS) is 19.8. The van der Waals surface area contributed by atoms with Crippen LogP contribution in [0.4, 0.5) is 0 Å². The SMILES string of the molecule is CCOC(=O)CCCCCC[C@H]1C(=O)CC[C@@H]1CCCCCCCCO. The third-order valence-electron chi connectivity index (χ3n) is 5.68. The molecule has 1 rings (SSSR count). The summed E-state index contributed by atoms with van der Waals surface area (Å²) in [7, 11) is 0. The number of aliphatic hydroxyl groups excluding tert-OH is 1. The molecule has 1 saturated carbocycles. The lowest BCUT2D eigenvalue weighted by atomic mass is 9.86. The fraction of sp³-hybridized carbons (Fsp3) is 0.909. The quantitative estimate of drug-likeness (QED) is 0.300. The lowest BCUT2D eigenvalue weighted by Crippen LogP contribution is -2.15. The van der Waals surface area contributed by atoms with E-state index in [2.05, 4.69) is 0 Å². The molecular weight excluding hydrogens is 328 g/mol. The molecule has 1 fully saturated rings. The van der Waals surface area contributed by atoms with E-state index in [1.807, 2.05) is 6.92 Å². The van der Waals surface area contributed by atoms with E-state index >= 15 is 0 Å². The lowest BCUT2D eigenvalue weighted by molar-refractivity contribution is -0.143. The van der Waals surface area contributed by atoms with Gasteiger partial charge in [0, 0.05) is 25.4 Å². The Hall–Kier alpha value is -0.900. The first kappa shape index (κ1) is 23.1. The zero-order valence-corrected chi connectivity index (χ0v) is 16.8. The van der Waals surface area contributed by atoms with Crippen molar-refractivity contribution in [2.45, 2.75) is 103 Å². The maximum atomic E-state index is 12.2. The molecule has 0 spiro atoms. The van der Waals surface area contributed by atoms with Gasteiger partial charge in [-0.15, -0.1) is 0 Å². The standard InChI is InChI=1S/C22H40O4/c1-2-26-22(25)15-11-7-6-10-14-20-19(16-17-21(20)24)13-9-5-3-4-8-12-18-23/h19-20,23H,2-18H2,1H3/t19-,20+/m0/s1. The summed E-state index contributed by atoms with van der Waals surface area (Å²) in [4.78, 5) is 23.5. The number of carbonyl (C=O) groups excluding carboxylic acids is 2. The van der Waals surface area contributed by atoms with E-state index in [1.54, 1.807) is 0 Å². The van der Waals surface area contributed by atoms with E-state index in [1.165, 1.54) is 32.1 Å². The number of Topliss-reactive ketones (excluding diaryl/α,β-unsaturated/α-hetero) is 1. The average molecular weight is 369 g/mol. The highest BCUT2D eigenvalue weighted by Crippen LogP contribution is 2.36. The molecular formula is C22H40O4. The molecule has 0 bridgehead atoms. The molecule has 1 aliphatic carbocycles. The summed E-state index contributed by atoms with van der Waals surface area (Å²) in [5.74, 6) is 1.31. The number of ketones is 1. The predicted octanol–water partition coefficient (Wildman–Crippen LogP) is 5.21. The van der Waals surface area contributed by atoms with Crippen LogP contribution < -0.4 is 0 Å². The van der Waals surface area contributed by atoms with E-state index < -0.39 is 0 Å². The van der Waals surface area contributed by atoms with Crippen molar-refractivity contribution >= 4 is 11.8 Å². The monoisotopic (exact) mass is 368 g/mol. The Morgan fingerprint density at radius 1 is 0.962 bits per heavy atom. The Kier molecular flexibility index (Phi) is 13.5. The minimum Gasteiger partial charge on any atom is -0.466 e. The van der Waals surface area contributed by atoms with Crippen LogP contribution in [0.2, 0.25) is 0 Å². The maximum Gasteiger partial charge on any atom is 0.305 e. The van der Waals surface area contributed by atoms with Gasteiger partial charge in [0.1, 0.15) is 5.78 Å². The molecule has 152 valence electrons. The highest BCUT2D eigenvalue weighted by atomic mass is 16.5. The Labute approximate surface area is 160 Å². The molecule has 4 nitrogen and oxygen atoms in total. The van der Waals surface area contributed by atoms with Gasteiger partial charge in [-0.1, -0.05) is 51.4 Å². The first-order chi connectivity index (χ1) is 12.7. The number of esters is 1. The molecule has 26 heavy (non-hydrogen) atoms. The van der Waals surface area contributed by atoms with Gasteiger partial charge in [-0.05, 0) is 44.9 Å². The van der Waals surface area contributed by atoms with Gasteiger partial charge in [0.2, 0.25) is 0 Å². The molecule has 4 heteroatoms. The molecule has 0 heterocycles. The number of ether oxygens (including phenoxy) is 1. The summed E-state index contributed by atoms with van der Waals surface area (Å²) in [6.45, 7) is 2.62. The third-order valence-corrected chi connectivity index (χ3v) is 5.68. The number of aliphatic hydroxyl groups is 1. The van der Waals surface area contributed by atoms with Crippen LogP contribution in [-0.2, 0) is 14.3 Å². The zero-order chi connectivity index (χ0) is 19.0. The molecule has 0 aromatic carbocycles. The second kappa shape index (κ2) is 15.2. The highest BCUT2D eigenvalue weighted by molar-refractivity contribution is 5.83. The van der Waals surface area contributed by atoms with Gasteiger partial charge >= 0.3 is 5.97 Å². The fourth-order valence-electron chi connectivity index (χ4n) is 4.17. The predicted molar refractivity (Wildman–Crippen MR) is 105 cm³/mol. The number of rotatable bonds is 16. The second-order valence-corrected chi connectivity index (χ2v) is 7.76. The Morgan fingerprint density at radius 3 is 2.27 bits per heavy atom. The summed E-state index contributed by atoms with van der Waals surface area (Å²) in [6, 6.07) is 0. The van der Waals surface area contributed by atoms with Gasteiger partial charge in [0.25, 0.3) is 0 Å². The first-order valence-electron chi connectivity index (χ1n) is 11.0. The Bertz CT molecular complexity index is 380. The maximum absolute atomic E-state index is 12.2. The van der Waals surface area contributed by atoms with Crippen LogP contribution in [0.15, 0.2) is 0 Å². The van der Waals surface area contributed by atoms with Crippen LogP contribution in [0.5, 0.6) is 0 Å².